The number of rotatable bonds is 11. The van der Waals surface area contributed by atoms with E-state index < -0.39 is 6.04 Å². The van der Waals surface area contributed by atoms with Gasteiger partial charge in [0.25, 0.3) is 0 Å². The van der Waals surface area contributed by atoms with Gasteiger partial charge in [-0.2, -0.15) is 0 Å². The Morgan fingerprint density at radius 1 is 0.848 bits per heavy atom. The largest absolute Gasteiger partial charge is 0.354 e. The second-order valence-electron chi connectivity index (χ2n) is 8.16. The maximum Gasteiger partial charge on any atom is 0.243 e. The van der Waals surface area contributed by atoms with E-state index in [4.69, 9.17) is 0 Å². The van der Waals surface area contributed by atoms with Gasteiger partial charge in [-0.1, -0.05) is 86.1 Å². The molecule has 172 valence electrons. The minimum atomic E-state index is -0.675. The number of nitrogens with one attached hydrogen (secondary N) is 1. The summed E-state index contributed by atoms with van der Waals surface area (Å²) in [6, 6.07) is 24.6. The lowest BCUT2D eigenvalue weighted by molar-refractivity contribution is -0.140. The quantitative estimate of drug-likeness (QED) is 0.425. The molecule has 0 aromatic heterocycles. The highest BCUT2D eigenvalue weighted by Gasteiger charge is 2.30. The Bertz CT molecular complexity index is 1010. The highest BCUT2D eigenvalue weighted by molar-refractivity contribution is 5.88. The highest BCUT2D eigenvalue weighted by atomic mass is 19.1. The fraction of sp³-hybridized carbons (Fsp3) is 0.286. The summed E-state index contributed by atoms with van der Waals surface area (Å²) in [5.74, 6) is -0.646. The summed E-state index contributed by atoms with van der Waals surface area (Å²) in [5, 5.41) is 3.01. The summed E-state index contributed by atoms with van der Waals surface area (Å²) >= 11 is 0. The zero-order valence-corrected chi connectivity index (χ0v) is 19.0. The standard InChI is InChI=1S/C28H31FN2O2/c1-2-3-18-30-28(33)26(19-22-10-6-4-7-11-22)31(21-24-14-16-25(29)17-15-24)27(32)20-23-12-8-5-9-13-23/h4-17,26H,2-3,18-21H2,1H3,(H,30,33)/t26-/m0/s1. The number of hydrogen-bond acceptors (Lipinski definition) is 2. The van der Waals surface area contributed by atoms with Crippen LogP contribution in [0.5, 0.6) is 0 Å². The van der Waals surface area contributed by atoms with E-state index in [-0.39, 0.29) is 30.6 Å². The maximum atomic E-state index is 13.5. The minimum Gasteiger partial charge on any atom is -0.354 e. The Kier molecular flexibility index (Phi) is 9.19. The predicted molar refractivity (Wildman–Crippen MR) is 129 cm³/mol. The van der Waals surface area contributed by atoms with Crippen LogP contribution in [-0.4, -0.2) is 29.3 Å². The van der Waals surface area contributed by atoms with Gasteiger partial charge in [-0.15, -0.1) is 0 Å². The molecule has 0 bridgehead atoms. The van der Waals surface area contributed by atoms with Crippen LogP contribution >= 0.6 is 0 Å². The van der Waals surface area contributed by atoms with Gasteiger partial charge in [-0.3, -0.25) is 9.59 Å². The van der Waals surface area contributed by atoms with Gasteiger partial charge in [-0.05, 0) is 35.2 Å². The van der Waals surface area contributed by atoms with Crippen molar-refractivity contribution < 1.29 is 14.0 Å². The first-order valence-electron chi connectivity index (χ1n) is 11.5. The Labute approximate surface area is 195 Å². The van der Waals surface area contributed by atoms with E-state index >= 15 is 0 Å². The van der Waals surface area contributed by atoms with Crippen molar-refractivity contribution in [2.75, 3.05) is 6.54 Å². The smallest absolute Gasteiger partial charge is 0.243 e. The summed E-state index contributed by atoms with van der Waals surface area (Å²) in [6.45, 7) is 2.86. The van der Waals surface area contributed by atoms with Gasteiger partial charge in [0.05, 0.1) is 6.42 Å². The molecule has 5 heteroatoms. The van der Waals surface area contributed by atoms with Crippen molar-refractivity contribution in [3.05, 3.63) is 107 Å². The summed E-state index contributed by atoms with van der Waals surface area (Å²) in [5.41, 5.74) is 2.64. The normalized spacial score (nSPS) is 11.6. The van der Waals surface area contributed by atoms with Crippen molar-refractivity contribution in [2.45, 2.75) is 45.2 Å². The third kappa shape index (κ3) is 7.56. The summed E-state index contributed by atoms with van der Waals surface area (Å²) in [7, 11) is 0. The average Bonchev–Trinajstić information content (AvgIpc) is 2.84. The lowest BCUT2D eigenvalue weighted by atomic mass is 10.0. The van der Waals surface area contributed by atoms with E-state index in [1.54, 1.807) is 17.0 Å². The Morgan fingerprint density at radius 2 is 1.45 bits per heavy atom. The molecule has 1 N–H and O–H groups in total. The minimum absolute atomic E-state index is 0.142. The monoisotopic (exact) mass is 446 g/mol. The Morgan fingerprint density at radius 3 is 2.06 bits per heavy atom. The van der Waals surface area contributed by atoms with Crippen LogP contribution in [0.3, 0.4) is 0 Å². The molecule has 33 heavy (non-hydrogen) atoms. The van der Waals surface area contributed by atoms with Crippen LogP contribution in [-0.2, 0) is 29.0 Å². The number of benzene rings is 3. The molecule has 0 fully saturated rings. The van der Waals surface area contributed by atoms with E-state index in [1.807, 2.05) is 60.7 Å². The molecule has 0 aliphatic rings. The number of hydrogen-bond donors (Lipinski definition) is 1. The third-order valence-corrected chi connectivity index (χ3v) is 5.57. The fourth-order valence-electron chi connectivity index (χ4n) is 3.72. The topological polar surface area (TPSA) is 49.4 Å². The molecule has 3 aromatic carbocycles. The van der Waals surface area contributed by atoms with Crippen LogP contribution in [0, 0.1) is 5.82 Å². The van der Waals surface area contributed by atoms with Crippen molar-refractivity contribution in [3.8, 4) is 0 Å². The van der Waals surface area contributed by atoms with Crippen molar-refractivity contribution in [1.82, 2.24) is 10.2 Å². The maximum absolute atomic E-state index is 13.5. The first-order chi connectivity index (χ1) is 16.1. The van der Waals surface area contributed by atoms with Crippen LogP contribution in [0.2, 0.25) is 0 Å². The second kappa shape index (κ2) is 12.5. The summed E-state index contributed by atoms with van der Waals surface area (Å²) in [4.78, 5) is 28.5. The van der Waals surface area contributed by atoms with Crippen LogP contribution in [0.4, 0.5) is 4.39 Å². The molecule has 0 heterocycles. The summed E-state index contributed by atoms with van der Waals surface area (Å²) in [6.07, 6.45) is 2.44. The van der Waals surface area contributed by atoms with Crippen LogP contribution in [0.15, 0.2) is 84.9 Å². The molecule has 0 saturated carbocycles. The van der Waals surface area contributed by atoms with E-state index in [0.717, 1.165) is 29.5 Å². The van der Waals surface area contributed by atoms with Gasteiger partial charge in [0.15, 0.2) is 0 Å². The van der Waals surface area contributed by atoms with Crippen LogP contribution in [0.25, 0.3) is 0 Å². The van der Waals surface area contributed by atoms with Crippen molar-refractivity contribution in [3.63, 3.8) is 0 Å². The van der Waals surface area contributed by atoms with Crippen molar-refractivity contribution in [1.29, 1.82) is 0 Å². The molecule has 0 spiro atoms. The fourth-order valence-corrected chi connectivity index (χ4v) is 3.72. The lowest BCUT2D eigenvalue weighted by Crippen LogP contribution is -2.51. The molecule has 3 rings (SSSR count). The molecule has 0 unspecified atom stereocenters. The number of amides is 2. The van der Waals surface area contributed by atoms with E-state index in [2.05, 4.69) is 12.2 Å². The molecular formula is C28H31FN2O2. The molecule has 4 nitrogen and oxygen atoms in total. The highest BCUT2D eigenvalue weighted by Crippen LogP contribution is 2.17. The predicted octanol–water partition coefficient (Wildman–Crippen LogP) is 4.92. The van der Waals surface area contributed by atoms with Gasteiger partial charge in [0, 0.05) is 19.5 Å². The van der Waals surface area contributed by atoms with E-state index in [0.29, 0.717) is 13.0 Å². The number of carbonyl (C=O) groups excluding carboxylic acids is 2. The van der Waals surface area contributed by atoms with Gasteiger partial charge >= 0.3 is 0 Å². The van der Waals surface area contributed by atoms with Crippen LogP contribution in [0.1, 0.15) is 36.5 Å². The van der Waals surface area contributed by atoms with Gasteiger partial charge in [-0.25, -0.2) is 4.39 Å². The zero-order chi connectivity index (χ0) is 23.5. The number of carbonyl (C=O) groups is 2. The molecule has 1 atom stereocenters. The molecular weight excluding hydrogens is 415 g/mol. The summed E-state index contributed by atoms with van der Waals surface area (Å²) < 4.78 is 13.5. The third-order valence-electron chi connectivity index (χ3n) is 5.57. The van der Waals surface area contributed by atoms with Crippen molar-refractivity contribution in [2.24, 2.45) is 0 Å². The average molecular weight is 447 g/mol. The number of halogens is 1. The molecule has 0 radical (unpaired) electrons. The van der Waals surface area contributed by atoms with Crippen LogP contribution < -0.4 is 5.32 Å². The van der Waals surface area contributed by atoms with Crippen molar-refractivity contribution >= 4 is 11.8 Å². The first kappa shape index (κ1) is 24.2. The SMILES string of the molecule is CCCCNC(=O)[C@H](Cc1ccccc1)N(Cc1ccc(F)cc1)C(=O)Cc1ccccc1. The lowest BCUT2D eigenvalue weighted by Gasteiger charge is -2.31. The molecule has 0 saturated heterocycles. The van der Waals surface area contributed by atoms with E-state index in [1.165, 1.54) is 12.1 Å². The number of unbranched alkanes of at least 4 members (excludes halogenated alkanes) is 1. The molecule has 0 aliphatic carbocycles. The Hall–Kier alpha value is -3.47. The zero-order valence-electron chi connectivity index (χ0n) is 19.0. The first-order valence-corrected chi connectivity index (χ1v) is 11.5. The van der Waals surface area contributed by atoms with Gasteiger partial charge in [0.1, 0.15) is 11.9 Å². The molecule has 2 amide bonds. The van der Waals surface area contributed by atoms with Gasteiger partial charge in [0.2, 0.25) is 11.8 Å². The Balaban J connectivity index is 1.91. The van der Waals surface area contributed by atoms with E-state index in [9.17, 15) is 14.0 Å². The molecule has 0 aliphatic heterocycles. The van der Waals surface area contributed by atoms with Gasteiger partial charge < -0.3 is 10.2 Å². The molecule has 3 aromatic rings. The number of nitrogens with zero attached hydrogens (tertiary/aromatic N) is 1. The second-order valence-corrected chi connectivity index (χ2v) is 8.16.